The van der Waals surface area contributed by atoms with Gasteiger partial charge in [-0.1, -0.05) is 23.7 Å². The molecule has 7 heteroatoms. The van der Waals surface area contributed by atoms with Gasteiger partial charge >= 0.3 is 5.97 Å². The molecule has 4 rings (SSSR count). The lowest BCUT2D eigenvalue weighted by molar-refractivity contribution is -0.136. The van der Waals surface area contributed by atoms with Crippen molar-refractivity contribution in [2.24, 2.45) is 0 Å². The number of carboxylic acid groups (broad SMARTS) is 1. The number of benzene rings is 3. The van der Waals surface area contributed by atoms with E-state index < -0.39 is 5.97 Å². The number of hydrogen-bond acceptors (Lipinski definition) is 4. The van der Waals surface area contributed by atoms with E-state index in [2.05, 4.69) is 5.32 Å². The van der Waals surface area contributed by atoms with E-state index in [1.807, 2.05) is 75.4 Å². The Bertz CT molecular complexity index is 1430. The third kappa shape index (κ3) is 6.02. The minimum Gasteiger partial charge on any atom is -0.481 e. The molecule has 0 aliphatic carbocycles. The van der Waals surface area contributed by atoms with Crippen molar-refractivity contribution >= 4 is 44.9 Å². The molecule has 5 nitrogen and oxygen atoms in total. The summed E-state index contributed by atoms with van der Waals surface area (Å²) in [6.45, 7) is 6.25. The van der Waals surface area contributed by atoms with E-state index in [0.717, 1.165) is 37.9 Å². The number of aryl methyl sites for hydroxylation is 4. The van der Waals surface area contributed by atoms with Crippen LogP contribution in [0.25, 0.3) is 10.1 Å². The van der Waals surface area contributed by atoms with Crippen LogP contribution >= 0.6 is 22.9 Å². The molecule has 0 fully saturated rings. The number of carbonyl (C=O) groups excluding carboxylic acids is 1. The summed E-state index contributed by atoms with van der Waals surface area (Å²) in [6.07, 6.45) is 0.588. The fourth-order valence-electron chi connectivity index (χ4n) is 4.05. The summed E-state index contributed by atoms with van der Waals surface area (Å²) in [5, 5.41) is 13.6. The normalized spacial score (nSPS) is 11.0. The molecule has 0 aliphatic rings. The first-order valence-corrected chi connectivity index (χ1v) is 12.5. The van der Waals surface area contributed by atoms with Gasteiger partial charge in [0.2, 0.25) is 0 Å². The molecule has 0 atom stereocenters. The third-order valence-corrected chi connectivity index (χ3v) is 7.33. The Morgan fingerprint density at radius 2 is 1.80 bits per heavy atom. The molecule has 0 bridgehead atoms. The van der Waals surface area contributed by atoms with Crippen molar-refractivity contribution in [2.75, 3.05) is 0 Å². The van der Waals surface area contributed by atoms with Crippen LogP contribution in [0.15, 0.2) is 54.6 Å². The Morgan fingerprint density at radius 1 is 1.00 bits per heavy atom. The number of thiophene rings is 1. The summed E-state index contributed by atoms with van der Waals surface area (Å²) >= 11 is 7.58. The predicted molar refractivity (Wildman–Crippen MR) is 141 cm³/mol. The van der Waals surface area contributed by atoms with E-state index in [9.17, 15) is 9.59 Å². The third-order valence-electron chi connectivity index (χ3n) is 5.83. The molecular formula is C28H26ClNO4S. The van der Waals surface area contributed by atoms with E-state index in [1.54, 1.807) is 0 Å². The lowest BCUT2D eigenvalue weighted by atomic mass is 10.0. The van der Waals surface area contributed by atoms with Crippen molar-refractivity contribution in [2.45, 2.75) is 40.2 Å². The van der Waals surface area contributed by atoms with Crippen LogP contribution in [0, 0.1) is 20.8 Å². The van der Waals surface area contributed by atoms with Crippen molar-refractivity contribution in [1.82, 2.24) is 5.32 Å². The molecule has 180 valence electrons. The molecule has 1 amide bonds. The minimum absolute atomic E-state index is 0.1000. The van der Waals surface area contributed by atoms with E-state index in [1.165, 1.54) is 11.3 Å². The van der Waals surface area contributed by atoms with Crippen LogP contribution in [0.2, 0.25) is 5.02 Å². The van der Waals surface area contributed by atoms with E-state index >= 15 is 0 Å². The average Bonchev–Trinajstić information content (AvgIpc) is 3.12. The van der Waals surface area contributed by atoms with Crippen molar-refractivity contribution in [3.8, 4) is 11.5 Å². The second-order valence-electron chi connectivity index (χ2n) is 8.62. The van der Waals surface area contributed by atoms with Crippen LogP contribution in [-0.2, 0) is 17.8 Å². The number of aliphatic carboxylic acids is 1. The van der Waals surface area contributed by atoms with Crippen molar-refractivity contribution in [3.05, 3.63) is 92.3 Å². The van der Waals surface area contributed by atoms with Gasteiger partial charge in [-0.25, -0.2) is 0 Å². The quantitative estimate of drug-likeness (QED) is 0.264. The summed E-state index contributed by atoms with van der Waals surface area (Å²) in [5.74, 6) is 0.439. The Balaban J connectivity index is 1.45. The van der Waals surface area contributed by atoms with Crippen LogP contribution in [0.3, 0.4) is 0 Å². The second kappa shape index (κ2) is 10.5. The van der Waals surface area contributed by atoms with Crippen molar-refractivity contribution < 1.29 is 19.4 Å². The Morgan fingerprint density at radius 3 is 2.54 bits per heavy atom. The molecule has 0 aliphatic heterocycles. The zero-order chi connectivity index (χ0) is 25.1. The number of carboxylic acids is 1. The number of ether oxygens (including phenoxy) is 1. The highest BCUT2D eigenvalue weighted by Crippen LogP contribution is 2.33. The molecule has 0 radical (unpaired) electrons. The first-order valence-electron chi connectivity index (χ1n) is 11.3. The largest absolute Gasteiger partial charge is 0.481 e. The van der Waals surface area contributed by atoms with Crippen LogP contribution in [0.1, 0.15) is 43.9 Å². The van der Waals surface area contributed by atoms with Gasteiger partial charge in [-0.05, 0) is 103 Å². The molecule has 1 heterocycles. The number of rotatable bonds is 8. The van der Waals surface area contributed by atoms with Gasteiger partial charge in [-0.2, -0.15) is 0 Å². The molecule has 3 aromatic carbocycles. The number of nitrogens with one attached hydrogen (secondary N) is 1. The molecule has 35 heavy (non-hydrogen) atoms. The molecular weight excluding hydrogens is 482 g/mol. The van der Waals surface area contributed by atoms with Gasteiger partial charge in [0.1, 0.15) is 11.5 Å². The second-order valence-corrected chi connectivity index (χ2v) is 10.1. The number of halogens is 1. The van der Waals surface area contributed by atoms with Gasteiger partial charge in [-0.15, -0.1) is 11.3 Å². The van der Waals surface area contributed by atoms with Crippen LogP contribution in [0.5, 0.6) is 11.5 Å². The van der Waals surface area contributed by atoms with Gasteiger partial charge < -0.3 is 15.2 Å². The minimum atomic E-state index is -0.809. The number of fused-ring (bicyclic) bond motifs is 1. The molecule has 0 saturated carbocycles. The predicted octanol–water partition coefficient (Wildman–Crippen LogP) is 7.22. The molecule has 4 aromatic rings. The van der Waals surface area contributed by atoms with Crippen LogP contribution in [0.4, 0.5) is 0 Å². The lowest BCUT2D eigenvalue weighted by Gasteiger charge is -2.12. The highest BCUT2D eigenvalue weighted by Gasteiger charge is 2.16. The fraction of sp³-hybridized carbons (Fsp3) is 0.214. The molecule has 0 unspecified atom stereocenters. The Labute approximate surface area is 213 Å². The van der Waals surface area contributed by atoms with Gasteiger partial charge in [0.15, 0.2) is 0 Å². The summed E-state index contributed by atoms with van der Waals surface area (Å²) in [4.78, 5) is 24.4. The van der Waals surface area contributed by atoms with Gasteiger partial charge in [0.05, 0.1) is 4.88 Å². The first-order chi connectivity index (χ1) is 16.7. The lowest BCUT2D eigenvalue weighted by Crippen LogP contribution is -2.22. The summed E-state index contributed by atoms with van der Waals surface area (Å²) in [5.41, 5.74) is 4.87. The van der Waals surface area contributed by atoms with Crippen LogP contribution in [-0.4, -0.2) is 17.0 Å². The fourth-order valence-corrected chi connectivity index (χ4v) is 5.33. The molecule has 1 aromatic heterocycles. The molecule has 2 N–H and O–H groups in total. The average molecular weight is 508 g/mol. The van der Waals surface area contributed by atoms with Crippen molar-refractivity contribution in [1.29, 1.82) is 0 Å². The number of amides is 1. The van der Waals surface area contributed by atoms with Crippen molar-refractivity contribution in [3.63, 3.8) is 0 Å². The SMILES string of the molecule is Cc1cc(CNC(=O)c2sc3ccc(Cl)cc3c2C)cc(Oc2ccc(CCC(=O)O)c(C)c2)c1. The number of carbonyl (C=O) groups is 2. The Kier molecular flexibility index (Phi) is 7.43. The van der Waals surface area contributed by atoms with E-state index in [4.69, 9.17) is 21.4 Å². The maximum absolute atomic E-state index is 12.9. The highest BCUT2D eigenvalue weighted by molar-refractivity contribution is 7.21. The smallest absolute Gasteiger partial charge is 0.303 e. The van der Waals surface area contributed by atoms with Gasteiger partial charge in [0, 0.05) is 22.7 Å². The summed E-state index contributed by atoms with van der Waals surface area (Å²) in [6, 6.07) is 17.2. The maximum atomic E-state index is 12.9. The highest BCUT2D eigenvalue weighted by atomic mass is 35.5. The topological polar surface area (TPSA) is 75.6 Å². The first kappa shape index (κ1) is 24.8. The van der Waals surface area contributed by atoms with Crippen LogP contribution < -0.4 is 10.1 Å². The zero-order valence-corrected chi connectivity index (χ0v) is 21.3. The van der Waals surface area contributed by atoms with Gasteiger partial charge in [0.25, 0.3) is 5.91 Å². The summed E-state index contributed by atoms with van der Waals surface area (Å²) in [7, 11) is 0. The van der Waals surface area contributed by atoms with Gasteiger partial charge in [-0.3, -0.25) is 9.59 Å². The maximum Gasteiger partial charge on any atom is 0.303 e. The zero-order valence-electron chi connectivity index (χ0n) is 19.8. The van der Waals surface area contributed by atoms with E-state index in [-0.39, 0.29) is 12.3 Å². The Hall–Kier alpha value is -3.35. The standard InChI is InChI=1S/C28H26ClNO4S/c1-16-10-19(15-30-28(33)27-18(3)24-14-21(29)6-8-25(24)35-27)13-23(11-16)34-22-7-4-20(17(2)12-22)5-9-26(31)32/h4,6-8,10-14H,5,9,15H2,1-3H3,(H,30,33)(H,31,32). The van der Waals surface area contributed by atoms with E-state index in [0.29, 0.717) is 34.4 Å². The summed E-state index contributed by atoms with van der Waals surface area (Å²) < 4.78 is 7.12. The monoisotopic (exact) mass is 507 g/mol. The molecule has 0 spiro atoms. The molecule has 0 saturated heterocycles. The number of hydrogen-bond donors (Lipinski definition) is 2.